The van der Waals surface area contributed by atoms with Crippen molar-refractivity contribution in [2.75, 3.05) is 23.3 Å². The molecule has 3 heterocycles. The van der Waals surface area contributed by atoms with Gasteiger partial charge in [0, 0.05) is 42.9 Å². The van der Waals surface area contributed by atoms with Crippen LogP contribution in [-0.2, 0) is 4.79 Å². The summed E-state index contributed by atoms with van der Waals surface area (Å²) in [6, 6.07) is 11.1. The van der Waals surface area contributed by atoms with Crippen LogP contribution >= 0.6 is 11.6 Å². The van der Waals surface area contributed by atoms with Gasteiger partial charge in [-0.2, -0.15) is 0 Å². The molecule has 0 spiro atoms. The molecular weight excluding hydrogens is 362 g/mol. The van der Waals surface area contributed by atoms with E-state index in [4.69, 9.17) is 11.6 Å². The number of rotatable bonds is 4. The minimum Gasteiger partial charge on any atom is -0.340 e. The molecule has 1 unspecified atom stereocenters. The Hall–Kier alpha value is -2.86. The molecule has 0 bridgehead atoms. The highest BCUT2D eigenvalue weighted by molar-refractivity contribution is 6.31. The van der Waals surface area contributed by atoms with Crippen LogP contribution in [0, 0.1) is 5.92 Å². The van der Waals surface area contributed by atoms with E-state index >= 15 is 0 Å². The van der Waals surface area contributed by atoms with E-state index in [2.05, 4.69) is 20.2 Å². The van der Waals surface area contributed by atoms with Crippen molar-refractivity contribution in [3.8, 4) is 5.69 Å². The van der Waals surface area contributed by atoms with E-state index in [1.165, 1.54) is 0 Å². The van der Waals surface area contributed by atoms with Crippen LogP contribution in [0.25, 0.3) is 5.69 Å². The summed E-state index contributed by atoms with van der Waals surface area (Å²) in [4.78, 5) is 23.6. The predicted octanol–water partition coefficient (Wildman–Crippen LogP) is 3.78. The van der Waals surface area contributed by atoms with Crippen molar-refractivity contribution in [3.05, 3.63) is 66.2 Å². The van der Waals surface area contributed by atoms with Crippen molar-refractivity contribution in [3.63, 3.8) is 0 Å². The van der Waals surface area contributed by atoms with Crippen LogP contribution in [0.4, 0.5) is 11.6 Å². The number of hydrogen-bond donors (Lipinski definition) is 1. The van der Waals surface area contributed by atoms with Gasteiger partial charge in [0.05, 0.1) is 17.3 Å². The Morgan fingerprint density at radius 3 is 2.70 bits per heavy atom. The lowest BCUT2D eigenvalue weighted by Crippen LogP contribution is -2.41. The summed E-state index contributed by atoms with van der Waals surface area (Å²) in [7, 11) is 0. The molecule has 0 saturated carbocycles. The maximum Gasteiger partial charge on any atom is 0.229 e. The molecule has 1 N–H and O–H groups in total. The number of halogens is 1. The maximum atomic E-state index is 12.9. The number of anilines is 2. The van der Waals surface area contributed by atoms with Gasteiger partial charge in [-0.3, -0.25) is 4.79 Å². The molecule has 1 aliphatic heterocycles. The van der Waals surface area contributed by atoms with Crippen molar-refractivity contribution in [2.24, 2.45) is 5.92 Å². The lowest BCUT2D eigenvalue weighted by Gasteiger charge is -2.32. The number of nitrogens with zero attached hydrogens (tertiary/aromatic N) is 4. The number of nitrogens with one attached hydrogen (secondary N) is 1. The van der Waals surface area contributed by atoms with E-state index in [0.29, 0.717) is 17.5 Å². The number of benzene rings is 1. The molecule has 138 valence electrons. The molecular formula is C20H20ClN5O. The Kier molecular flexibility index (Phi) is 5.07. The maximum absolute atomic E-state index is 12.9. The third-order valence-corrected chi connectivity index (χ3v) is 4.96. The summed E-state index contributed by atoms with van der Waals surface area (Å²) in [5.41, 5.74) is 1.59. The zero-order valence-corrected chi connectivity index (χ0v) is 15.5. The highest BCUT2D eigenvalue weighted by Gasteiger charge is 2.27. The second kappa shape index (κ2) is 7.80. The summed E-state index contributed by atoms with van der Waals surface area (Å²) < 4.78 is 1.94. The van der Waals surface area contributed by atoms with E-state index < -0.39 is 0 Å². The van der Waals surface area contributed by atoms with Crippen molar-refractivity contribution in [2.45, 2.75) is 12.8 Å². The van der Waals surface area contributed by atoms with Gasteiger partial charge in [0.25, 0.3) is 0 Å². The van der Waals surface area contributed by atoms with Crippen LogP contribution in [-0.4, -0.2) is 33.5 Å². The monoisotopic (exact) mass is 381 g/mol. The molecule has 3 aromatic rings. The standard InChI is InChI=1S/C20H20ClN5O/c21-16-6-7-17(18(13-16)25-10-1-2-11-25)24-19(27)15-5-3-12-26(14-15)20-22-8-4-9-23-20/h1-2,4,6-11,13,15H,3,5,12,14H2,(H,24,27). The summed E-state index contributed by atoms with van der Waals surface area (Å²) >= 11 is 6.16. The lowest BCUT2D eigenvalue weighted by molar-refractivity contribution is -0.120. The Labute approximate surface area is 162 Å². The quantitative estimate of drug-likeness (QED) is 0.747. The topological polar surface area (TPSA) is 63.1 Å². The van der Waals surface area contributed by atoms with Gasteiger partial charge in [-0.25, -0.2) is 9.97 Å². The molecule has 2 aromatic heterocycles. The molecule has 4 rings (SSSR count). The van der Waals surface area contributed by atoms with Crippen molar-refractivity contribution in [1.29, 1.82) is 0 Å². The van der Waals surface area contributed by atoms with Crippen LogP contribution in [0.2, 0.25) is 5.02 Å². The molecule has 0 aliphatic carbocycles. The Bertz CT molecular complexity index is 913. The molecule has 1 amide bonds. The molecule has 1 atom stereocenters. The van der Waals surface area contributed by atoms with Gasteiger partial charge in [0.1, 0.15) is 0 Å². The van der Waals surface area contributed by atoms with Crippen molar-refractivity contribution in [1.82, 2.24) is 14.5 Å². The normalized spacial score (nSPS) is 16.9. The predicted molar refractivity (Wildman–Crippen MR) is 106 cm³/mol. The van der Waals surface area contributed by atoms with Crippen molar-refractivity contribution >= 4 is 29.1 Å². The third-order valence-electron chi connectivity index (χ3n) is 4.73. The Balaban J connectivity index is 1.51. The van der Waals surface area contributed by atoms with Crippen LogP contribution in [0.5, 0.6) is 0 Å². The molecule has 1 saturated heterocycles. The molecule has 1 aromatic carbocycles. The summed E-state index contributed by atoms with van der Waals surface area (Å²) in [5.74, 6) is 0.566. The minimum absolute atomic E-state index is 0.00589. The average Bonchev–Trinajstić information content (AvgIpc) is 3.25. The minimum atomic E-state index is -0.115. The molecule has 0 radical (unpaired) electrons. The largest absolute Gasteiger partial charge is 0.340 e. The van der Waals surface area contributed by atoms with Gasteiger partial charge < -0.3 is 14.8 Å². The first-order valence-corrected chi connectivity index (χ1v) is 9.34. The first-order chi connectivity index (χ1) is 13.2. The van der Waals surface area contributed by atoms with E-state index in [9.17, 15) is 4.79 Å². The number of hydrogen-bond acceptors (Lipinski definition) is 4. The summed E-state index contributed by atoms with van der Waals surface area (Å²) in [5, 5.41) is 3.71. The van der Waals surface area contributed by atoms with Gasteiger partial charge in [0.15, 0.2) is 0 Å². The summed E-state index contributed by atoms with van der Waals surface area (Å²) in [6.07, 6.45) is 9.09. The lowest BCUT2D eigenvalue weighted by atomic mass is 9.97. The Morgan fingerprint density at radius 2 is 1.93 bits per heavy atom. The fraction of sp³-hybridized carbons (Fsp3) is 0.250. The van der Waals surface area contributed by atoms with Crippen molar-refractivity contribution < 1.29 is 4.79 Å². The number of aromatic nitrogens is 3. The Morgan fingerprint density at radius 1 is 1.15 bits per heavy atom. The first-order valence-electron chi connectivity index (χ1n) is 8.96. The van der Waals surface area contributed by atoms with Crippen LogP contribution in [0.3, 0.4) is 0 Å². The highest BCUT2D eigenvalue weighted by Crippen LogP contribution is 2.27. The smallest absolute Gasteiger partial charge is 0.229 e. The first kappa shape index (κ1) is 17.5. The van der Waals surface area contributed by atoms with Crippen LogP contribution < -0.4 is 10.2 Å². The average molecular weight is 382 g/mol. The second-order valence-electron chi connectivity index (χ2n) is 6.57. The van der Waals surface area contributed by atoms with Gasteiger partial charge >= 0.3 is 0 Å². The molecule has 1 fully saturated rings. The number of amides is 1. The fourth-order valence-corrected chi connectivity index (χ4v) is 3.55. The van der Waals surface area contributed by atoms with E-state index in [1.54, 1.807) is 24.5 Å². The van der Waals surface area contributed by atoms with Gasteiger partial charge in [0.2, 0.25) is 11.9 Å². The van der Waals surface area contributed by atoms with Crippen LogP contribution in [0.15, 0.2) is 61.2 Å². The number of piperidine rings is 1. The van der Waals surface area contributed by atoms with Crippen LogP contribution in [0.1, 0.15) is 12.8 Å². The zero-order valence-electron chi connectivity index (χ0n) is 14.8. The van der Waals surface area contributed by atoms with Gasteiger partial charge in [-0.05, 0) is 49.2 Å². The molecule has 1 aliphatic rings. The highest BCUT2D eigenvalue weighted by atomic mass is 35.5. The summed E-state index contributed by atoms with van der Waals surface area (Å²) in [6.45, 7) is 1.48. The van der Waals surface area contributed by atoms with E-state index in [-0.39, 0.29) is 11.8 Å². The van der Waals surface area contributed by atoms with Gasteiger partial charge in [-0.15, -0.1) is 0 Å². The van der Waals surface area contributed by atoms with E-state index in [1.807, 2.05) is 41.2 Å². The molecule has 6 nitrogen and oxygen atoms in total. The third kappa shape index (κ3) is 3.95. The van der Waals surface area contributed by atoms with Gasteiger partial charge in [-0.1, -0.05) is 11.6 Å². The SMILES string of the molecule is O=C(Nc1ccc(Cl)cc1-n1cccc1)C1CCCN(c2ncccn2)C1. The van der Waals surface area contributed by atoms with E-state index in [0.717, 1.165) is 30.8 Å². The fourth-order valence-electron chi connectivity index (χ4n) is 3.38. The zero-order chi connectivity index (χ0) is 18.6. The second-order valence-corrected chi connectivity index (χ2v) is 7.01. The number of carbonyl (C=O) groups is 1. The molecule has 27 heavy (non-hydrogen) atoms. The number of carbonyl (C=O) groups excluding carboxylic acids is 1. The molecule has 7 heteroatoms.